The maximum absolute atomic E-state index is 10.5. The topological polar surface area (TPSA) is 68.0 Å². The standard InChI is InChI=1S/C9H16N2O3S/c1-10-5-11(2)8(15-3)6(10)4-7(12)9(13)14/h7,12H,4-5H2,1-3H3,(H,13,14)/t7-/m0/s1. The minimum atomic E-state index is -1.41. The van der Waals surface area contributed by atoms with Gasteiger partial charge >= 0.3 is 0 Å². The molecule has 0 spiro atoms. The number of aliphatic hydroxyl groups is 1. The Balaban J connectivity index is 2.81. The average molecular weight is 232 g/mol. The number of carboxylic acid groups (broad SMARTS) is 1. The number of hydrogen-bond donors (Lipinski definition) is 2. The summed E-state index contributed by atoms with van der Waals surface area (Å²) in [5, 5.41) is 20.8. The number of carbonyl (C=O) groups is 1. The highest BCUT2D eigenvalue weighted by Gasteiger charge is 2.30. The molecule has 0 aromatic rings. The molecule has 0 aromatic carbocycles. The largest absolute Gasteiger partial charge is 0.547 e. The van der Waals surface area contributed by atoms with Crippen molar-refractivity contribution in [1.82, 2.24) is 4.90 Å². The van der Waals surface area contributed by atoms with Gasteiger partial charge in [-0.15, -0.1) is 11.8 Å². The number of nitrogens with one attached hydrogen (secondary N) is 1. The molecule has 0 saturated heterocycles. The highest BCUT2D eigenvalue weighted by atomic mass is 32.2. The van der Waals surface area contributed by atoms with Crippen LogP contribution < -0.4 is 10.0 Å². The molecule has 0 radical (unpaired) electrons. The second-order valence-electron chi connectivity index (χ2n) is 3.66. The maximum Gasteiger partial charge on any atom is 0.157 e. The molecule has 1 unspecified atom stereocenters. The average Bonchev–Trinajstić information content (AvgIpc) is 2.41. The number of aliphatic carboxylic acids is 1. The van der Waals surface area contributed by atoms with E-state index in [1.54, 1.807) is 11.8 Å². The molecule has 0 saturated carbocycles. The van der Waals surface area contributed by atoms with E-state index in [1.807, 2.05) is 20.4 Å². The summed E-state index contributed by atoms with van der Waals surface area (Å²) in [6.07, 6.45) is 0.661. The van der Waals surface area contributed by atoms with Crippen LogP contribution in [0.15, 0.2) is 10.7 Å². The first-order valence-electron chi connectivity index (χ1n) is 4.67. The van der Waals surface area contributed by atoms with Crippen molar-refractivity contribution in [2.75, 3.05) is 27.0 Å². The van der Waals surface area contributed by atoms with Crippen LogP contribution in [0.5, 0.6) is 0 Å². The van der Waals surface area contributed by atoms with Gasteiger partial charge in [-0.2, -0.15) is 0 Å². The molecule has 0 aromatic heterocycles. The number of rotatable bonds is 4. The van der Waals surface area contributed by atoms with Crippen molar-refractivity contribution in [2.24, 2.45) is 0 Å². The number of carboxylic acids is 1. The Morgan fingerprint density at radius 1 is 1.80 bits per heavy atom. The lowest BCUT2D eigenvalue weighted by Crippen LogP contribution is -3.06. The van der Waals surface area contributed by atoms with Crippen LogP contribution >= 0.6 is 11.8 Å². The lowest BCUT2D eigenvalue weighted by molar-refractivity contribution is -0.842. The Bertz CT molecular complexity index is 293. The maximum atomic E-state index is 10.5. The van der Waals surface area contributed by atoms with Gasteiger partial charge in [0.05, 0.1) is 19.4 Å². The SMILES string of the molecule is CSC1=C(C[C@H](O)C(=O)[O-])[NH+](C)CN1C. The fourth-order valence-electron chi connectivity index (χ4n) is 1.75. The van der Waals surface area contributed by atoms with Crippen LogP contribution in [0.2, 0.25) is 0 Å². The quantitative estimate of drug-likeness (QED) is 0.558. The summed E-state index contributed by atoms with van der Waals surface area (Å²) in [7, 11) is 3.91. The summed E-state index contributed by atoms with van der Waals surface area (Å²) < 4.78 is 0. The second-order valence-corrected chi connectivity index (χ2v) is 4.46. The molecule has 2 N–H and O–H groups in total. The fraction of sp³-hybridized carbons (Fsp3) is 0.667. The molecule has 5 nitrogen and oxygen atoms in total. The lowest BCUT2D eigenvalue weighted by atomic mass is 10.2. The van der Waals surface area contributed by atoms with Gasteiger partial charge < -0.3 is 19.9 Å². The minimum Gasteiger partial charge on any atom is -0.547 e. The summed E-state index contributed by atoms with van der Waals surface area (Å²) in [6.45, 7) is 0.797. The Hall–Kier alpha value is -0.720. The van der Waals surface area contributed by atoms with Crippen LogP contribution in [0.25, 0.3) is 0 Å². The van der Waals surface area contributed by atoms with Gasteiger partial charge in [-0.25, -0.2) is 0 Å². The molecule has 15 heavy (non-hydrogen) atoms. The normalized spacial score (nSPS) is 23.5. The van der Waals surface area contributed by atoms with Gasteiger partial charge in [0.25, 0.3) is 0 Å². The number of quaternary nitrogens is 1. The van der Waals surface area contributed by atoms with Crippen LogP contribution in [0, 0.1) is 0 Å². The number of hydrogen-bond acceptors (Lipinski definition) is 5. The van der Waals surface area contributed by atoms with Gasteiger partial charge in [-0.3, -0.25) is 4.90 Å². The van der Waals surface area contributed by atoms with Crippen molar-refractivity contribution < 1.29 is 19.9 Å². The van der Waals surface area contributed by atoms with E-state index in [0.29, 0.717) is 0 Å². The molecule has 86 valence electrons. The Morgan fingerprint density at radius 2 is 2.40 bits per heavy atom. The molecule has 0 amide bonds. The number of aliphatic hydroxyl groups excluding tert-OH is 1. The highest BCUT2D eigenvalue weighted by Crippen LogP contribution is 2.22. The molecule has 1 aliphatic heterocycles. The van der Waals surface area contributed by atoms with Gasteiger partial charge in [-0.05, 0) is 6.26 Å². The summed E-state index contributed by atoms with van der Waals surface area (Å²) in [4.78, 5) is 13.6. The van der Waals surface area contributed by atoms with Crippen LogP contribution in [-0.4, -0.2) is 49.1 Å². The van der Waals surface area contributed by atoms with Crippen LogP contribution in [0.4, 0.5) is 0 Å². The van der Waals surface area contributed by atoms with Gasteiger partial charge in [0.1, 0.15) is 16.8 Å². The minimum absolute atomic E-state index is 0.134. The van der Waals surface area contributed by atoms with E-state index >= 15 is 0 Å². The molecule has 0 aliphatic carbocycles. The lowest BCUT2D eigenvalue weighted by Gasteiger charge is -2.14. The van der Waals surface area contributed by atoms with E-state index in [1.165, 1.54) is 0 Å². The molecule has 1 aliphatic rings. The third-order valence-electron chi connectivity index (χ3n) is 2.46. The molecule has 0 fully saturated rings. The van der Waals surface area contributed by atoms with Crippen LogP contribution in [-0.2, 0) is 4.79 Å². The predicted octanol–water partition coefficient (Wildman–Crippen LogP) is -2.56. The smallest absolute Gasteiger partial charge is 0.157 e. The molecule has 0 bridgehead atoms. The Labute approximate surface area is 93.4 Å². The van der Waals surface area contributed by atoms with Gasteiger partial charge in [0.15, 0.2) is 6.67 Å². The van der Waals surface area contributed by atoms with E-state index < -0.39 is 12.1 Å². The molecule has 1 rings (SSSR count). The first kappa shape index (κ1) is 12.4. The number of nitrogens with zero attached hydrogens (tertiary/aromatic N) is 1. The second kappa shape index (κ2) is 4.87. The third kappa shape index (κ3) is 2.64. The molecule has 2 atom stereocenters. The van der Waals surface area contributed by atoms with Crippen molar-refractivity contribution in [2.45, 2.75) is 12.5 Å². The van der Waals surface area contributed by atoms with E-state index in [-0.39, 0.29) is 6.42 Å². The highest BCUT2D eigenvalue weighted by molar-refractivity contribution is 8.02. The fourth-order valence-corrected chi connectivity index (χ4v) is 2.63. The van der Waals surface area contributed by atoms with Crippen LogP contribution in [0.3, 0.4) is 0 Å². The molecule has 6 heteroatoms. The van der Waals surface area contributed by atoms with Crippen molar-refractivity contribution in [3.05, 3.63) is 10.7 Å². The van der Waals surface area contributed by atoms with E-state index in [0.717, 1.165) is 22.3 Å². The van der Waals surface area contributed by atoms with Gasteiger partial charge in [-0.1, -0.05) is 0 Å². The summed E-state index contributed by atoms with van der Waals surface area (Å²) in [5.41, 5.74) is 0.932. The van der Waals surface area contributed by atoms with Crippen molar-refractivity contribution in [3.63, 3.8) is 0 Å². The molecule has 1 heterocycles. The van der Waals surface area contributed by atoms with Crippen LogP contribution in [0.1, 0.15) is 6.42 Å². The summed E-state index contributed by atoms with van der Waals surface area (Å²) in [5.74, 6) is -1.41. The zero-order valence-corrected chi connectivity index (χ0v) is 9.93. The summed E-state index contributed by atoms with van der Waals surface area (Å²) in [6, 6.07) is 0. The zero-order valence-electron chi connectivity index (χ0n) is 9.11. The van der Waals surface area contributed by atoms with E-state index in [4.69, 9.17) is 0 Å². The number of carbonyl (C=O) groups excluding carboxylic acids is 1. The summed E-state index contributed by atoms with van der Waals surface area (Å²) >= 11 is 1.57. The van der Waals surface area contributed by atoms with Gasteiger partial charge in [0.2, 0.25) is 0 Å². The van der Waals surface area contributed by atoms with E-state index in [2.05, 4.69) is 4.90 Å². The number of thioether (sulfide) groups is 1. The van der Waals surface area contributed by atoms with Crippen molar-refractivity contribution in [3.8, 4) is 0 Å². The van der Waals surface area contributed by atoms with Crippen molar-refractivity contribution in [1.29, 1.82) is 0 Å². The van der Waals surface area contributed by atoms with Gasteiger partial charge in [0, 0.05) is 7.05 Å². The molecular formula is C9H16N2O3S. The first-order valence-corrected chi connectivity index (χ1v) is 5.89. The van der Waals surface area contributed by atoms with Crippen molar-refractivity contribution >= 4 is 17.7 Å². The first-order chi connectivity index (χ1) is 6.97. The molecular weight excluding hydrogens is 216 g/mol. The monoisotopic (exact) mass is 232 g/mol. The zero-order chi connectivity index (χ0) is 11.6. The predicted molar refractivity (Wildman–Crippen MR) is 55.7 cm³/mol. The Morgan fingerprint density at radius 3 is 2.87 bits per heavy atom. The van der Waals surface area contributed by atoms with E-state index in [9.17, 15) is 15.0 Å². The Kier molecular flexibility index (Phi) is 4.01. The third-order valence-corrected chi connectivity index (χ3v) is 3.40.